The summed E-state index contributed by atoms with van der Waals surface area (Å²) in [6, 6.07) is 5.72. The van der Waals surface area contributed by atoms with Gasteiger partial charge in [-0.1, -0.05) is 53.9 Å². The third-order valence-corrected chi connectivity index (χ3v) is 12.8. The van der Waals surface area contributed by atoms with Crippen molar-refractivity contribution in [3.8, 4) is 0 Å². The Morgan fingerprint density at radius 1 is 1.05 bits per heavy atom. The largest absolute Gasteiger partial charge is 0.459 e. The summed E-state index contributed by atoms with van der Waals surface area (Å²) in [6.07, 6.45) is 13.6. The molecule has 220 valence electrons. The van der Waals surface area contributed by atoms with E-state index in [0.29, 0.717) is 23.0 Å². The summed E-state index contributed by atoms with van der Waals surface area (Å²) in [4.78, 5) is 23.4. The predicted molar refractivity (Wildman–Crippen MR) is 155 cm³/mol. The van der Waals surface area contributed by atoms with Gasteiger partial charge in [-0.05, 0) is 98.0 Å². The fourth-order valence-electron chi connectivity index (χ4n) is 10.7. The molecule has 0 aromatic heterocycles. The monoisotopic (exact) mass is 551 g/mol. The van der Waals surface area contributed by atoms with Crippen LogP contribution < -0.4 is 0 Å². The van der Waals surface area contributed by atoms with Crippen LogP contribution in [0.25, 0.3) is 0 Å². The maximum atomic E-state index is 12.9. The van der Waals surface area contributed by atoms with Crippen molar-refractivity contribution >= 4 is 11.7 Å². The molecule has 4 aliphatic carbocycles. The van der Waals surface area contributed by atoms with E-state index >= 15 is 0 Å². The number of carbonyl (C=O) groups is 1. The van der Waals surface area contributed by atoms with Crippen LogP contribution in [0.1, 0.15) is 116 Å². The molecule has 4 saturated carbocycles. The molecule has 0 unspecified atom stereocenters. The van der Waals surface area contributed by atoms with Crippen LogP contribution in [0.15, 0.2) is 24.3 Å². The number of fused-ring (bicyclic) bond motifs is 4. The third-order valence-electron chi connectivity index (χ3n) is 12.8. The highest BCUT2D eigenvalue weighted by atomic mass is 16.6. The molecular formula is C34H49NO5. The van der Waals surface area contributed by atoms with Crippen molar-refractivity contribution in [2.24, 2.45) is 46.3 Å². The van der Waals surface area contributed by atoms with E-state index < -0.39 is 10.9 Å². The first-order valence-electron chi connectivity index (χ1n) is 16.1. The molecule has 1 spiro atoms. The van der Waals surface area contributed by atoms with Gasteiger partial charge in [0.2, 0.25) is 0 Å². The molecule has 1 aromatic rings. The Hall–Kier alpha value is -1.95. The first kappa shape index (κ1) is 28.2. The normalized spacial score (nSPS) is 42.2. The maximum absolute atomic E-state index is 12.9. The number of ether oxygens (including phenoxy) is 2. The Balaban J connectivity index is 1.12. The molecule has 0 bridgehead atoms. The minimum atomic E-state index is -0.453. The molecule has 1 heterocycles. The number of nitrogens with zero attached hydrogens (tertiary/aromatic N) is 1. The first-order chi connectivity index (χ1) is 19.0. The van der Waals surface area contributed by atoms with E-state index in [1.165, 1.54) is 75.6 Å². The zero-order valence-corrected chi connectivity index (χ0v) is 25.2. The first-order valence-corrected chi connectivity index (χ1v) is 16.1. The van der Waals surface area contributed by atoms with Gasteiger partial charge in [-0.25, -0.2) is 4.79 Å². The minimum absolute atomic E-state index is 0.0207. The standard InChI is InChI=1S/C34H49NO5/c1-21(2)7-6-8-22(3)27-13-14-28-26-19-30-34(40-30)20-25(15-18-33(34,5)29(26)16-17-32(27,28)4)39-31(36)23-9-11-24(12-10-23)35(37)38/h9-12,21-22,25-30H,6-8,13-20H2,1-5H3/t22-,25+,26-,27+,28-,29-,30+,32+,33-,34+/m1/s1. The van der Waals surface area contributed by atoms with Crippen LogP contribution in [0.2, 0.25) is 0 Å². The van der Waals surface area contributed by atoms with Crippen LogP contribution >= 0.6 is 0 Å². The molecule has 5 aliphatic rings. The molecule has 0 amide bonds. The lowest BCUT2D eigenvalue weighted by Crippen LogP contribution is -2.59. The molecular weight excluding hydrogens is 502 g/mol. The molecule has 1 saturated heterocycles. The maximum Gasteiger partial charge on any atom is 0.338 e. The summed E-state index contributed by atoms with van der Waals surface area (Å²) < 4.78 is 12.7. The van der Waals surface area contributed by atoms with Crippen molar-refractivity contribution in [2.75, 3.05) is 0 Å². The number of hydrogen-bond donors (Lipinski definition) is 0. The average Bonchev–Trinajstić information content (AvgIpc) is 3.49. The fourth-order valence-corrected chi connectivity index (χ4v) is 10.7. The predicted octanol–water partition coefficient (Wildman–Crippen LogP) is 8.37. The van der Waals surface area contributed by atoms with Gasteiger partial charge < -0.3 is 9.47 Å². The number of carbonyl (C=O) groups excluding carboxylic acids is 1. The molecule has 40 heavy (non-hydrogen) atoms. The van der Waals surface area contributed by atoms with E-state index in [2.05, 4.69) is 34.6 Å². The number of non-ortho nitro benzene ring substituents is 1. The molecule has 10 atom stereocenters. The summed E-state index contributed by atoms with van der Waals surface area (Å²) in [5.74, 6) is 4.38. The molecule has 0 radical (unpaired) electrons. The summed E-state index contributed by atoms with van der Waals surface area (Å²) in [5.41, 5.74) is 0.824. The number of nitro benzene ring substituents is 1. The van der Waals surface area contributed by atoms with E-state index in [4.69, 9.17) is 9.47 Å². The number of rotatable bonds is 8. The van der Waals surface area contributed by atoms with Crippen molar-refractivity contribution in [1.82, 2.24) is 0 Å². The minimum Gasteiger partial charge on any atom is -0.459 e. The van der Waals surface area contributed by atoms with E-state index in [-0.39, 0.29) is 22.8 Å². The highest BCUT2D eigenvalue weighted by molar-refractivity contribution is 5.89. The van der Waals surface area contributed by atoms with Crippen molar-refractivity contribution in [3.63, 3.8) is 0 Å². The molecule has 1 aliphatic heterocycles. The molecule has 6 rings (SSSR count). The summed E-state index contributed by atoms with van der Waals surface area (Å²) >= 11 is 0. The van der Waals surface area contributed by atoms with Gasteiger partial charge in [0.15, 0.2) is 0 Å². The zero-order valence-electron chi connectivity index (χ0n) is 25.2. The van der Waals surface area contributed by atoms with Crippen LogP contribution in [0, 0.1) is 56.5 Å². The number of nitro groups is 1. The smallest absolute Gasteiger partial charge is 0.338 e. The Kier molecular flexibility index (Phi) is 7.12. The number of esters is 1. The Morgan fingerprint density at radius 2 is 1.80 bits per heavy atom. The molecule has 0 N–H and O–H groups in total. The van der Waals surface area contributed by atoms with Crippen LogP contribution in [0.4, 0.5) is 5.69 Å². The third kappa shape index (κ3) is 4.42. The van der Waals surface area contributed by atoms with Crippen molar-refractivity contribution in [3.05, 3.63) is 39.9 Å². The lowest BCUT2D eigenvalue weighted by molar-refractivity contribution is -0.384. The number of hydrogen-bond acceptors (Lipinski definition) is 5. The number of benzene rings is 1. The second-order valence-corrected chi connectivity index (χ2v) is 15.1. The SMILES string of the molecule is CC(C)CCC[C@@H](C)[C@@H]1CC[C@@H]2[C@H]3C[C@@H]4O[C@@]45C[C@@H](OC(=O)c4ccc([N+](=O)[O-])cc4)CC[C@]5(C)[C@@H]3CC[C@]21C. The highest BCUT2D eigenvalue weighted by Gasteiger charge is 2.76. The zero-order chi connectivity index (χ0) is 28.4. The average molecular weight is 552 g/mol. The van der Waals surface area contributed by atoms with Crippen LogP contribution in [-0.4, -0.2) is 28.7 Å². The van der Waals surface area contributed by atoms with Gasteiger partial charge in [0.25, 0.3) is 5.69 Å². The molecule has 6 heteroatoms. The van der Waals surface area contributed by atoms with Gasteiger partial charge in [0, 0.05) is 24.0 Å². The fraction of sp³-hybridized carbons (Fsp3) is 0.794. The van der Waals surface area contributed by atoms with Gasteiger partial charge >= 0.3 is 5.97 Å². The Labute approximate surface area is 240 Å². The van der Waals surface area contributed by atoms with E-state index in [1.54, 1.807) is 0 Å². The molecule has 5 fully saturated rings. The van der Waals surface area contributed by atoms with E-state index in [1.807, 2.05) is 0 Å². The Bertz CT molecular complexity index is 1130. The lowest BCUT2D eigenvalue weighted by atomic mass is 9.44. The quantitative estimate of drug-likeness (QED) is 0.140. The van der Waals surface area contributed by atoms with Gasteiger partial charge in [-0.15, -0.1) is 0 Å². The summed E-state index contributed by atoms with van der Waals surface area (Å²) in [7, 11) is 0. The number of epoxide rings is 1. The van der Waals surface area contributed by atoms with Gasteiger partial charge in [-0.3, -0.25) is 10.1 Å². The van der Waals surface area contributed by atoms with Gasteiger partial charge in [-0.2, -0.15) is 0 Å². The summed E-state index contributed by atoms with van der Waals surface area (Å²) in [6.45, 7) is 12.4. The summed E-state index contributed by atoms with van der Waals surface area (Å²) in [5, 5.41) is 11.0. The molecule has 1 aromatic carbocycles. The van der Waals surface area contributed by atoms with Crippen LogP contribution in [-0.2, 0) is 9.47 Å². The van der Waals surface area contributed by atoms with Crippen LogP contribution in [0.3, 0.4) is 0 Å². The van der Waals surface area contributed by atoms with E-state index in [9.17, 15) is 14.9 Å². The Morgan fingerprint density at radius 3 is 2.50 bits per heavy atom. The van der Waals surface area contributed by atoms with Gasteiger partial charge in [0.1, 0.15) is 11.7 Å². The van der Waals surface area contributed by atoms with E-state index in [0.717, 1.165) is 48.9 Å². The second-order valence-electron chi connectivity index (χ2n) is 15.1. The van der Waals surface area contributed by atoms with Crippen molar-refractivity contribution < 1.29 is 19.2 Å². The second kappa shape index (κ2) is 10.1. The van der Waals surface area contributed by atoms with Crippen molar-refractivity contribution in [1.29, 1.82) is 0 Å². The topological polar surface area (TPSA) is 82.0 Å². The van der Waals surface area contributed by atoms with Gasteiger partial charge in [0.05, 0.1) is 16.6 Å². The highest BCUT2D eigenvalue weighted by Crippen LogP contribution is 2.74. The lowest BCUT2D eigenvalue weighted by Gasteiger charge is -2.59. The molecule has 6 nitrogen and oxygen atoms in total. The van der Waals surface area contributed by atoms with Crippen molar-refractivity contribution in [2.45, 2.75) is 123 Å². The van der Waals surface area contributed by atoms with Crippen LogP contribution in [0.5, 0.6) is 0 Å².